The predicted molar refractivity (Wildman–Crippen MR) is 86.8 cm³/mol. The normalized spacial score (nSPS) is 18.5. The van der Waals surface area contributed by atoms with Gasteiger partial charge in [0.05, 0.1) is 23.0 Å². The average Bonchev–Trinajstić information content (AvgIpc) is 2.75. The number of hydrogen-bond acceptors (Lipinski definition) is 2. The van der Waals surface area contributed by atoms with E-state index in [1.54, 1.807) is 11.7 Å². The summed E-state index contributed by atoms with van der Waals surface area (Å²) in [4.78, 5) is 14.4. The zero-order chi connectivity index (χ0) is 17.3. The van der Waals surface area contributed by atoms with E-state index < -0.39 is 23.1 Å². The van der Waals surface area contributed by atoms with Crippen LogP contribution in [0.3, 0.4) is 0 Å². The van der Waals surface area contributed by atoms with Crippen molar-refractivity contribution in [2.45, 2.75) is 31.7 Å². The van der Waals surface area contributed by atoms with Gasteiger partial charge in [-0.3, -0.25) is 9.48 Å². The standard InChI is InChI=1S/C17H18ClF2N3O/c1-22-16(11(18)10-21-22)14-8-3-2-4-9-23(14)17(24)15-12(19)6-5-7-13(15)20/h5-7,10,14H,2-4,8-9H2,1H3/t14-/m0/s1. The third-order valence-corrected chi connectivity index (χ3v) is 4.73. The highest BCUT2D eigenvalue weighted by atomic mass is 35.5. The van der Waals surface area contributed by atoms with E-state index in [4.69, 9.17) is 11.6 Å². The number of rotatable bonds is 2. The van der Waals surface area contributed by atoms with E-state index in [-0.39, 0.29) is 6.04 Å². The van der Waals surface area contributed by atoms with Crippen molar-refractivity contribution in [1.82, 2.24) is 14.7 Å². The number of carbonyl (C=O) groups is 1. The van der Waals surface area contributed by atoms with Crippen molar-refractivity contribution < 1.29 is 13.6 Å². The van der Waals surface area contributed by atoms with Crippen molar-refractivity contribution in [1.29, 1.82) is 0 Å². The van der Waals surface area contributed by atoms with Crippen molar-refractivity contribution in [2.75, 3.05) is 6.54 Å². The van der Waals surface area contributed by atoms with Gasteiger partial charge in [-0.1, -0.05) is 30.5 Å². The van der Waals surface area contributed by atoms with Gasteiger partial charge in [-0.05, 0) is 25.0 Å². The molecular formula is C17H18ClF2N3O. The summed E-state index contributed by atoms with van der Waals surface area (Å²) in [7, 11) is 1.75. The fourth-order valence-electron chi connectivity index (χ4n) is 3.28. The van der Waals surface area contributed by atoms with Crippen LogP contribution in [-0.4, -0.2) is 27.1 Å². The third-order valence-electron chi connectivity index (χ3n) is 4.44. The second kappa shape index (κ2) is 6.89. The average molecular weight is 354 g/mol. The number of halogens is 3. The third kappa shape index (κ3) is 3.02. The van der Waals surface area contributed by atoms with Gasteiger partial charge in [-0.25, -0.2) is 8.78 Å². The van der Waals surface area contributed by atoms with E-state index in [2.05, 4.69) is 5.10 Å². The van der Waals surface area contributed by atoms with E-state index in [0.717, 1.165) is 31.4 Å². The monoisotopic (exact) mass is 353 g/mol. The lowest BCUT2D eigenvalue weighted by atomic mass is 10.0. The predicted octanol–water partition coefficient (Wildman–Crippen LogP) is 4.11. The van der Waals surface area contributed by atoms with E-state index in [9.17, 15) is 13.6 Å². The number of likely N-dealkylation sites (tertiary alicyclic amines) is 1. The number of hydrogen-bond donors (Lipinski definition) is 0. The number of aryl methyl sites for hydroxylation is 1. The molecule has 1 aliphatic rings. The summed E-state index contributed by atoms with van der Waals surface area (Å²) in [6.07, 6.45) is 4.86. The van der Waals surface area contributed by atoms with Gasteiger partial charge in [0, 0.05) is 13.6 Å². The molecule has 0 saturated carbocycles. The Bertz CT molecular complexity index is 723. The molecule has 1 aliphatic heterocycles. The minimum Gasteiger partial charge on any atom is -0.330 e. The number of carbonyl (C=O) groups excluding carboxylic acids is 1. The Labute approximate surface area is 144 Å². The highest BCUT2D eigenvalue weighted by Crippen LogP contribution is 2.35. The summed E-state index contributed by atoms with van der Waals surface area (Å²) in [5, 5.41) is 4.58. The Morgan fingerprint density at radius 2 is 1.96 bits per heavy atom. The summed E-state index contributed by atoms with van der Waals surface area (Å²) < 4.78 is 29.7. The van der Waals surface area contributed by atoms with Gasteiger partial charge in [0.15, 0.2) is 0 Å². The van der Waals surface area contributed by atoms with Crippen molar-refractivity contribution in [3.05, 3.63) is 52.3 Å². The summed E-state index contributed by atoms with van der Waals surface area (Å²) >= 11 is 6.24. The fraction of sp³-hybridized carbons (Fsp3) is 0.412. The Morgan fingerprint density at radius 3 is 2.58 bits per heavy atom. The summed E-state index contributed by atoms with van der Waals surface area (Å²) in [6.45, 7) is 0.429. The first-order valence-electron chi connectivity index (χ1n) is 7.93. The maximum Gasteiger partial charge on any atom is 0.260 e. The Morgan fingerprint density at radius 1 is 1.25 bits per heavy atom. The lowest BCUT2D eigenvalue weighted by Crippen LogP contribution is -2.36. The second-order valence-corrected chi connectivity index (χ2v) is 6.37. The number of benzene rings is 1. The summed E-state index contributed by atoms with van der Waals surface area (Å²) in [6, 6.07) is 3.10. The number of amides is 1. The first-order valence-corrected chi connectivity index (χ1v) is 8.31. The van der Waals surface area contributed by atoms with Crippen LogP contribution in [-0.2, 0) is 7.05 Å². The van der Waals surface area contributed by atoms with Gasteiger partial charge in [-0.2, -0.15) is 5.10 Å². The van der Waals surface area contributed by atoms with E-state index in [1.807, 2.05) is 0 Å². The molecule has 2 heterocycles. The molecule has 3 rings (SSSR count). The Balaban J connectivity index is 2.03. The smallest absolute Gasteiger partial charge is 0.260 e. The molecule has 24 heavy (non-hydrogen) atoms. The molecule has 1 fully saturated rings. The van der Waals surface area contributed by atoms with E-state index in [1.165, 1.54) is 17.2 Å². The molecule has 0 aliphatic carbocycles. The highest BCUT2D eigenvalue weighted by Gasteiger charge is 2.33. The molecule has 1 aromatic heterocycles. The zero-order valence-corrected chi connectivity index (χ0v) is 14.1. The van der Waals surface area contributed by atoms with Crippen LogP contribution in [0.5, 0.6) is 0 Å². The van der Waals surface area contributed by atoms with Crippen molar-refractivity contribution in [3.8, 4) is 0 Å². The first-order chi connectivity index (χ1) is 11.5. The number of nitrogens with zero attached hydrogens (tertiary/aromatic N) is 3. The molecule has 0 radical (unpaired) electrons. The van der Waals surface area contributed by atoms with E-state index in [0.29, 0.717) is 23.7 Å². The van der Waals surface area contributed by atoms with Crippen LogP contribution in [0.15, 0.2) is 24.4 Å². The van der Waals surface area contributed by atoms with Gasteiger partial charge in [0.25, 0.3) is 5.91 Å². The zero-order valence-electron chi connectivity index (χ0n) is 13.3. The molecule has 1 saturated heterocycles. The summed E-state index contributed by atoms with van der Waals surface area (Å²) in [5.74, 6) is -2.34. The van der Waals surface area contributed by atoms with Crippen molar-refractivity contribution in [3.63, 3.8) is 0 Å². The molecule has 7 heteroatoms. The quantitative estimate of drug-likeness (QED) is 0.815. The van der Waals surface area contributed by atoms with E-state index >= 15 is 0 Å². The van der Waals surface area contributed by atoms with Crippen LogP contribution < -0.4 is 0 Å². The molecule has 0 unspecified atom stereocenters. The van der Waals surface area contributed by atoms with Crippen LogP contribution in [0.25, 0.3) is 0 Å². The second-order valence-electron chi connectivity index (χ2n) is 5.96. The number of aromatic nitrogens is 2. The van der Waals surface area contributed by atoms with Crippen molar-refractivity contribution >= 4 is 17.5 Å². The Hall–Kier alpha value is -1.95. The van der Waals surface area contributed by atoms with Crippen LogP contribution in [0, 0.1) is 11.6 Å². The van der Waals surface area contributed by atoms with Gasteiger partial charge in [0.2, 0.25) is 0 Å². The molecule has 1 atom stereocenters. The molecule has 0 N–H and O–H groups in total. The lowest BCUT2D eigenvalue weighted by molar-refractivity contribution is 0.0663. The van der Waals surface area contributed by atoms with Gasteiger partial charge in [-0.15, -0.1) is 0 Å². The maximum absolute atomic E-state index is 14.1. The molecule has 4 nitrogen and oxygen atoms in total. The highest BCUT2D eigenvalue weighted by molar-refractivity contribution is 6.31. The molecule has 1 aromatic carbocycles. The van der Waals surface area contributed by atoms with Gasteiger partial charge >= 0.3 is 0 Å². The van der Waals surface area contributed by atoms with Crippen LogP contribution in [0.1, 0.15) is 47.8 Å². The SMILES string of the molecule is Cn1ncc(Cl)c1[C@@H]1CCCCCN1C(=O)c1c(F)cccc1F. The topological polar surface area (TPSA) is 38.1 Å². The minimum atomic E-state index is -0.848. The largest absolute Gasteiger partial charge is 0.330 e. The van der Waals surface area contributed by atoms with Crippen LogP contribution in [0.2, 0.25) is 5.02 Å². The van der Waals surface area contributed by atoms with Gasteiger partial charge in [0.1, 0.15) is 17.2 Å². The lowest BCUT2D eigenvalue weighted by Gasteiger charge is -2.30. The molecule has 1 amide bonds. The fourth-order valence-corrected chi connectivity index (χ4v) is 3.57. The van der Waals surface area contributed by atoms with Crippen molar-refractivity contribution in [2.24, 2.45) is 7.05 Å². The molecule has 0 bridgehead atoms. The van der Waals surface area contributed by atoms with Crippen LogP contribution in [0.4, 0.5) is 8.78 Å². The van der Waals surface area contributed by atoms with Gasteiger partial charge < -0.3 is 4.90 Å². The van der Waals surface area contributed by atoms with Crippen LogP contribution >= 0.6 is 11.6 Å². The Kier molecular flexibility index (Phi) is 4.85. The molecule has 2 aromatic rings. The first kappa shape index (κ1) is 16.9. The summed E-state index contributed by atoms with van der Waals surface area (Å²) in [5.41, 5.74) is 0.186. The molecular weight excluding hydrogens is 336 g/mol. The molecule has 0 spiro atoms. The maximum atomic E-state index is 14.1. The minimum absolute atomic E-state index is 0.348. The molecule has 128 valence electrons.